The first-order chi connectivity index (χ1) is 9.16. The minimum atomic E-state index is -4.61. The van der Waals surface area contributed by atoms with Crippen molar-refractivity contribution in [2.24, 2.45) is 11.7 Å². The summed E-state index contributed by atoms with van der Waals surface area (Å²) in [6.45, 7) is 3.55. The number of anilines is 1. The highest BCUT2D eigenvalue weighted by molar-refractivity contribution is 5.95. The van der Waals surface area contributed by atoms with Crippen molar-refractivity contribution in [1.82, 2.24) is 0 Å². The Labute approximate surface area is 126 Å². The van der Waals surface area contributed by atoms with Crippen LogP contribution in [0.4, 0.5) is 23.2 Å². The maximum absolute atomic E-state index is 13.4. The molecule has 0 aromatic heterocycles. The first-order valence-electron chi connectivity index (χ1n) is 6.10. The number of nitrogens with one attached hydrogen (secondary N) is 1. The molecule has 8 heteroatoms. The molecule has 3 nitrogen and oxygen atoms in total. The van der Waals surface area contributed by atoms with Crippen molar-refractivity contribution in [1.29, 1.82) is 0 Å². The molecular weight excluding hydrogens is 312 g/mol. The fourth-order valence-electron chi connectivity index (χ4n) is 1.53. The minimum absolute atomic E-state index is 0. The van der Waals surface area contributed by atoms with Crippen LogP contribution in [0.2, 0.25) is 0 Å². The Hall–Kier alpha value is -1.34. The standard InChI is InChI=1S/C13H16F4N2O.ClH/c1-3-7(2)11(18)12(20)19-10-6-8(13(15,16)17)4-5-9(10)14;/h4-7,11H,3,18H2,1-2H3,(H,19,20);1H. The molecule has 0 heterocycles. The van der Waals surface area contributed by atoms with Gasteiger partial charge in [-0.3, -0.25) is 4.79 Å². The summed E-state index contributed by atoms with van der Waals surface area (Å²) < 4.78 is 51.0. The molecule has 2 atom stereocenters. The number of carbonyl (C=O) groups excluding carboxylic acids is 1. The third-order valence-electron chi connectivity index (χ3n) is 3.11. The van der Waals surface area contributed by atoms with Crippen LogP contribution in [-0.4, -0.2) is 11.9 Å². The number of carbonyl (C=O) groups is 1. The van der Waals surface area contributed by atoms with Gasteiger partial charge in [-0.25, -0.2) is 4.39 Å². The van der Waals surface area contributed by atoms with Crippen LogP contribution in [0.25, 0.3) is 0 Å². The fraction of sp³-hybridized carbons (Fsp3) is 0.462. The molecule has 3 N–H and O–H groups in total. The summed E-state index contributed by atoms with van der Waals surface area (Å²) in [6.07, 6.45) is -3.98. The third-order valence-corrected chi connectivity index (χ3v) is 3.11. The second-order valence-electron chi connectivity index (χ2n) is 4.59. The Morgan fingerprint density at radius 2 is 1.95 bits per heavy atom. The van der Waals surface area contributed by atoms with Crippen molar-refractivity contribution in [2.75, 3.05) is 5.32 Å². The predicted molar refractivity (Wildman–Crippen MR) is 74.7 cm³/mol. The van der Waals surface area contributed by atoms with E-state index in [1.54, 1.807) is 6.92 Å². The summed E-state index contributed by atoms with van der Waals surface area (Å²) in [4.78, 5) is 11.7. The van der Waals surface area contributed by atoms with Gasteiger partial charge < -0.3 is 11.1 Å². The lowest BCUT2D eigenvalue weighted by Crippen LogP contribution is -2.40. The van der Waals surface area contributed by atoms with Gasteiger partial charge in [-0.05, 0) is 24.1 Å². The normalized spacial score (nSPS) is 14.0. The van der Waals surface area contributed by atoms with Crippen LogP contribution in [-0.2, 0) is 11.0 Å². The van der Waals surface area contributed by atoms with E-state index in [4.69, 9.17) is 5.73 Å². The van der Waals surface area contributed by atoms with Crippen LogP contribution in [0.5, 0.6) is 0 Å². The van der Waals surface area contributed by atoms with Gasteiger partial charge in [0, 0.05) is 0 Å². The maximum Gasteiger partial charge on any atom is 0.416 e. The fourth-order valence-corrected chi connectivity index (χ4v) is 1.53. The molecule has 0 aliphatic heterocycles. The largest absolute Gasteiger partial charge is 0.416 e. The van der Waals surface area contributed by atoms with Gasteiger partial charge in [0.1, 0.15) is 5.82 Å². The smallest absolute Gasteiger partial charge is 0.322 e. The van der Waals surface area contributed by atoms with E-state index in [-0.39, 0.29) is 18.3 Å². The number of benzene rings is 1. The molecule has 21 heavy (non-hydrogen) atoms. The van der Waals surface area contributed by atoms with E-state index in [2.05, 4.69) is 5.32 Å². The van der Waals surface area contributed by atoms with E-state index >= 15 is 0 Å². The summed E-state index contributed by atoms with van der Waals surface area (Å²) >= 11 is 0. The summed E-state index contributed by atoms with van der Waals surface area (Å²) in [6, 6.07) is 0.914. The van der Waals surface area contributed by atoms with Crippen molar-refractivity contribution < 1.29 is 22.4 Å². The van der Waals surface area contributed by atoms with Gasteiger partial charge in [0.2, 0.25) is 5.91 Å². The molecule has 0 saturated carbocycles. The second kappa shape index (κ2) is 7.61. The van der Waals surface area contributed by atoms with Crippen LogP contribution in [0.1, 0.15) is 25.8 Å². The van der Waals surface area contributed by atoms with Crippen LogP contribution < -0.4 is 11.1 Å². The summed E-state index contributed by atoms with van der Waals surface area (Å²) in [7, 11) is 0. The van der Waals surface area contributed by atoms with Gasteiger partial charge in [-0.15, -0.1) is 12.4 Å². The lowest BCUT2D eigenvalue weighted by Gasteiger charge is -2.18. The van der Waals surface area contributed by atoms with Gasteiger partial charge in [0.05, 0.1) is 17.3 Å². The Morgan fingerprint density at radius 3 is 2.43 bits per heavy atom. The Balaban J connectivity index is 0.00000400. The number of amides is 1. The molecule has 0 aliphatic rings. The Kier molecular flexibility index (Phi) is 7.12. The number of hydrogen-bond donors (Lipinski definition) is 2. The third kappa shape index (κ3) is 5.17. The summed E-state index contributed by atoms with van der Waals surface area (Å²) in [5.41, 5.74) is 4.08. The number of halogens is 5. The molecule has 0 fully saturated rings. The average molecular weight is 329 g/mol. The molecule has 1 rings (SSSR count). The van der Waals surface area contributed by atoms with Gasteiger partial charge >= 0.3 is 6.18 Å². The SMILES string of the molecule is CCC(C)C(N)C(=O)Nc1cc(C(F)(F)F)ccc1F.Cl. The minimum Gasteiger partial charge on any atom is -0.322 e. The zero-order valence-electron chi connectivity index (χ0n) is 11.5. The number of hydrogen-bond acceptors (Lipinski definition) is 2. The van der Waals surface area contributed by atoms with E-state index in [0.29, 0.717) is 24.6 Å². The zero-order valence-corrected chi connectivity index (χ0v) is 12.3. The topological polar surface area (TPSA) is 55.1 Å². The van der Waals surface area contributed by atoms with Gasteiger partial charge in [-0.1, -0.05) is 20.3 Å². The Morgan fingerprint density at radius 1 is 1.38 bits per heavy atom. The van der Waals surface area contributed by atoms with Crippen molar-refractivity contribution in [3.8, 4) is 0 Å². The Bertz CT molecular complexity index is 494. The van der Waals surface area contributed by atoms with Gasteiger partial charge in [0.15, 0.2) is 0 Å². The lowest BCUT2D eigenvalue weighted by molar-refractivity contribution is -0.137. The lowest BCUT2D eigenvalue weighted by atomic mass is 9.99. The van der Waals surface area contributed by atoms with E-state index in [1.807, 2.05) is 6.92 Å². The predicted octanol–water partition coefficient (Wildman–Crippen LogP) is 3.58. The van der Waals surface area contributed by atoms with Crippen LogP contribution in [0.3, 0.4) is 0 Å². The quantitative estimate of drug-likeness (QED) is 0.830. The monoisotopic (exact) mass is 328 g/mol. The van der Waals surface area contributed by atoms with Crippen molar-refractivity contribution >= 4 is 24.0 Å². The van der Waals surface area contributed by atoms with Crippen molar-refractivity contribution in [3.05, 3.63) is 29.6 Å². The highest BCUT2D eigenvalue weighted by atomic mass is 35.5. The second-order valence-corrected chi connectivity index (χ2v) is 4.59. The molecule has 1 aromatic rings. The highest BCUT2D eigenvalue weighted by Crippen LogP contribution is 2.31. The number of alkyl halides is 3. The van der Waals surface area contributed by atoms with E-state index < -0.39 is 35.2 Å². The summed E-state index contributed by atoms with van der Waals surface area (Å²) in [5, 5.41) is 2.10. The van der Waals surface area contributed by atoms with E-state index in [1.165, 1.54) is 0 Å². The number of nitrogens with two attached hydrogens (primary N) is 1. The molecule has 0 saturated heterocycles. The zero-order chi connectivity index (χ0) is 15.5. The molecule has 0 spiro atoms. The molecule has 1 amide bonds. The van der Waals surface area contributed by atoms with Crippen LogP contribution >= 0.6 is 12.4 Å². The molecule has 2 unspecified atom stereocenters. The van der Waals surface area contributed by atoms with E-state index in [9.17, 15) is 22.4 Å². The molecular formula is C13H17ClF4N2O. The van der Waals surface area contributed by atoms with Crippen molar-refractivity contribution in [2.45, 2.75) is 32.5 Å². The van der Waals surface area contributed by atoms with Crippen molar-refractivity contribution in [3.63, 3.8) is 0 Å². The molecule has 120 valence electrons. The highest BCUT2D eigenvalue weighted by Gasteiger charge is 2.31. The average Bonchev–Trinajstić information content (AvgIpc) is 2.38. The summed E-state index contributed by atoms with van der Waals surface area (Å²) in [5.74, 6) is -1.82. The first kappa shape index (κ1) is 19.7. The molecule has 0 aliphatic carbocycles. The van der Waals surface area contributed by atoms with Crippen LogP contribution in [0, 0.1) is 11.7 Å². The van der Waals surface area contributed by atoms with Crippen LogP contribution in [0.15, 0.2) is 18.2 Å². The molecule has 0 bridgehead atoms. The van der Waals surface area contributed by atoms with E-state index in [0.717, 1.165) is 0 Å². The number of rotatable bonds is 4. The van der Waals surface area contributed by atoms with Gasteiger partial charge in [0.25, 0.3) is 0 Å². The van der Waals surface area contributed by atoms with Gasteiger partial charge in [-0.2, -0.15) is 13.2 Å². The maximum atomic E-state index is 13.4. The first-order valence-corrected chi connectivity index (χ1v) is 6.10. The molecule has 1 aromatic carbocycles. The molecule has 0 radical (unpaired) electrons.